The average molecular weight is 560 g/mol. The predicted molar refractivity (Wildman–Crippen MR) is 144 cm³/mol. The zero-order valence-corrected chi connectivity index (χ0v) is 24.0. The molecule has 0 bridgehead atoms. The fourth-order valence-corrected chi connectivity index (χ4v) is 4.46. The average Bonchev–Trinajstić information content (AvgIpc) is 2.87. The van der Waals surface area contributed by atoms with Crippen molar-refractivity contribution in [3.05, 3.63) is 23.8 Å². The van der Waals surface area contributed by atoms with Gasteiger partial charge < -0.3 is 29.3 Å². The highest BCUT2D eigenvalue weighted by Gasteiger charge is 2.32. The number of fused-ring (bicyclic) bond motifs is 1. The van der Waals surface area contributed by atoms with E-state index in [4.69, 9.17) is 9.47 Å². The van der Waals surface area contributed by atoms with E-state index in [9.17, 15) is 27.9 Å². The Morgan fingerprint density at radius 1 is 1.21 bits per heavy atom. The summed E-state index contributed by atoms with van der Waals surface area (Å²) in [7, 11) is 5.23. The third kappa shape index (κ3) is 10.2. The number of nitrogens with zero attached hydrogens (tertiary/aromatic N) is 3. The predicted octanol–water partition coefficient (Wildman–Crippen LogP) is 4.35. The molecular formula is C28H44F3N3O5. The fourth-order valence-electron chi connectivity index (χ4n) is 4.46. The van der Waals surface area contributed by atoms with Gasteiger partial charge >= 0.3 is 6.18 Å². The number of aliphatic hydroxyl groups excluding tert-OH is 1. The van der Waals surface area contributed by atoms with Gasteiger partial charge in [-0.3, -0.25) is 9.59 Å². The molecule has 0 aliphatic carbocycles. The van der Waals surface area contributed by atoms with Crippen molar-refractivity contribution in [3.63, 3.8) is 0 Å². The van der Waals surface area contributed by atoms with Crippen LogP contribution in [0.1, 0.15) is 63.2 Å². The Kier molecular flexibility index (Phi) is 12.4. The lowest BCUT2D eigenvalue weighted by atomic mass is 10.0. The maximum Gasteiger partial charge on any atom is 0.389 e. The van der Waals surface area contributed by atoms with Crippen LogP contribution in [-0.4, -0.2) is 98.6 Å². The van der Waals surface area contributed by atoms with E-state index in [1.807, 2.05) is 38.9 Å². The molecule has 4 atom stereocenters. The second kappa shape index (κ2) is 14.7. The Hall–Kier alpha value is -2.53. The summed E-state index contributed by atoms with van der Waals surface area (Å²) in [5, 5.41) is 9.99. The standard InChI is InChI=1S/C28H44F3N3O5/c1-19-16-34(20(2)18-35)27(37)23-15-22(32(4)5)10-11-24(23)39-21(3)9-7-8-14-38-25(19)17-33(6)26(36)12-13-28(29,30)31/h10-11,15,19-21,25,35H,7-9,12-14,16-18H2,1-6H3/t19-,20-,21-,25-/m0/s1. The largest absolute Gasteiger partial charge is 0.490 e. The van der Waals surface area contributed by atoms with Crippen LogP contribution in [0.3, 0.4) is 0 Å². The summed E-state index contributed by atoms with van der Waals surface area (Å²) in [6.07, 6.45) is -4.59. The van der Waals surface area contributed by atoms with Crippen LogP contribution in [0.4, 0.5) is 18.9 Å². The molecule has 1 N–H and O–H groups in total. The Balaban J connectivity index is 2.38. The number of carbonyl (C=O) groups is 2. The number of anilines is 1. The lowest BCUT2D eigenvalue weighted by Gasteiger charge is -2.36. The van der Waals surface area contributed by atoms with Gasteiger partial charge in [0.25, 0.3) is 5.91 Å². The number of alkyl halides is 3. The molecule has 2 rings (SSSR count). The van der Waals surface area contributed by atoms with E-state index in [0.717, 1.165) is 24.9 Å². The van der Waals surface area contributed by atoms with E-state index in [-0.39, 0.29) is 37.6 Å². The summed E-state index contributed by atoms with van der Waals surface area (Å²) in [6, 6.07) is 4.94. The van der Waals surface area contributed by atoms with E-state index >= 15 is 0 Å². The van der Waals surface area contributed by atoms with Crippen molar-refractivity contribution in [2.45, 2.75) is 77.3 Å². The first-order chi connectivity index (χ1) is 18.2. The molecule has 1 heterocycles. The quantitative estimate of drug-likeness (QED) is 0.535. The van der Waals surface area contributed by atoms with Crippen molar-refractivity contribution >= 4 is 17.5 Å². The van der Waals surface area contributed by atoms with Crippen molar-refractivity contribution in [2.24, 2.45) is 5.92 Å². The van der Waals surface area contributed by atoms with Crippen molar-refractivity contribution < 1.29 is 37.3 Å². The molecule has 0 radical (unpaired) electrons. The van der Waals surface area contributed by atoms with Crippen LogP contribution < -0.4 is 9.64 Å². The maximum atomic E-state index is 14.0. The molecule has 1 aromatic rings. The lowest BCUT2D eigenvalue weighted by Crippen LogP contribution is -2.48. The van der Waals surface area contributed by atoms with Crippen molar-refractivity contribution in [2.75, 3.05) is 52.3 Å². The van der Waals surface area contributed by atoms with Gasteiger partial charge in [-0.15, -0.1) is 0 Å². The van der Waals surface area contributed by atoms with E-state index in [1.54, 1.807) is 24.0 Å². The third-order valence-corrected chi connectivity index (χ3v) is 7.05. The number of aliphatic hydroxyl groups is 1. The van der Waals surface area contributed by atoms with Crippen molar-refractivity contribution in [3.8, 4) is 5.75 Å². The first-order valence-corrected chi connectivity index (χ1v) is 13.6. The zero-order chi connectivity index (χ0) is 29.3. The number of likely N-dealkylation sites (N-methyl/N-ethyl adjacent to an activating group) is 1. The number of carbonyl (C=O) groups excluding carboxylic acids is 2. The minimum absolute atomic E-state index is 0.0915. The zero-order valence-electron chi connectivity index (χ0n) is 24.0. The van der Waals surface area contributed by atoms with Gasteiger partial charge in [0.05, 0.1) is 36.8 Å². The molecule has 0 spiro atoms. The fraction of sp³-hybridized carbons (Fsp3) is 0.714. The smallest absolute Gasteiger partial charge is 0.389 e. The van der Waals surface area contributed by atoms with Crippen LogP contribution in [0.2, 0.25) is 0 Å². The maximum absolute atomic E-state index is 14.0. The number of halogens is 3. The summed E-state index contributed by atoms with van der Waals surface area (Å²) in [5.41, 5.74) is 1.21. The number of ether oxygens (including phenoxy) is 2. The highest BCUT2D eigenvalue weighted by Crippen LogP contribution is 2.29. The first-order valence-electron chi connectivity index (χ1n) is 13.6. The second-order valence-corrected chi connectivity index (χ2v) is 10.8. The molecular weight excluding hydrogens is 515 g/mol. The Morgan fingerprint density at radius 3 is 2.51 bits per heavy atom. The van der Waals surface area contributed by atoms with Gasteiger partial charge in [-0.25, -0.2) is 0 Å². The number of amides is 2. The van der Waals surface area contributed by atoms with Crippen LogP contribution in [0.15, 0.2) is 18.2 Å². The Labute approximate surface area is 230 Å². The molecule has 8 nitrogen and oxygen atoms in total. The van der Waals surface area contributed by atoms with E-state index in [0.29, 0.717) is 17.9 Å². The van der Waals surface area contributed by atoms with Gasteiger partial charge in [0, 0.05) is 58.9 Å². The summed E-state index contributed by atoms with van der Waals surface area (Å²) in [6.45, 7) is 6.00. The third-order valence-electron chi connectivity index (χ3n) is 7.05. The van der Waals surface area contributed by atoms with Crippen LogP contribution in [0.5, 0.6) is 5.75 Å². The van der Waals surface area contributed by atoms with Gasteiger partial charge in [-0.1, -0.05) is 6.92 Å². The van der Waals surface area contributed by atoms with Crippen LogP contribution >= 0.6 is 0 Å². The minimum Gasteiger partial charge on any atom is -0.490 e. The van der Waals surface area contributed by atoms with Crippen molar-refractivity contribution in [1.29, 1.82) is 0 Å². The van der Waals surface area contributed by atoms with Gasteiger partial charge in [0.15, 0.2) is 0 Å². The van der Waals surface area contributed by atoms with Crippen LogP contribution in [0.25, 0.3) is 0 Å². The SMILES string of the molecule is C[C@H]1CCCCO[C@@H](CN(C)C(=O)CCC(F)(F)F)[C@@H](C)CN([C@@H](C)CO)C(=O)c2cc(N(C)C)ccc2O1. The lowest BCUT2D eigenvalue weighted by molar-refractivity contribution is -0.149. The summed E-state index contributed by atoms with van der Waals surface area (Å²) in [5.74, 6) is -0.736. The highest BCUT2D eigenvalue weighted by atomic mass is 19.4. The highest BCUT2D eigenvalue weighted by molar-refractivity contribution is 5.98. The molecule has 39 heavy (non-hydrogen) atoms. The second-order valence-electron chi connectivity index (χ2n) is 10.8. The molecule has 11 heteroatoms. The molecule has 1 aliphatic rings. The van der Waals surface area contributed by atoms with E-state index in [2.05, 4.69) is 0 Å². The molecule has 222 valence electrons. The van der Waals surface area contributed by atoms with Gasteiger partial charge in [-0.05, 0) is 51.3 Å². The Morgan fingerprint density at radius 2 is 1.90 bits per heavy atom. The molecule has 0 saturated heterocycles. The summed E-state index contributed by atoms with van der Waals surface area (Å²) >= 11 is 0. The van der Waals surface area contributed by atoms with Gasteiger partial charge in [-0.2, -0.15) is 13.2 Å². The first kappa shape index (κ1) is 32.7. The number of benzene rings is 1. The van der Waals surface area contributed by atoms with Gasteiger partial charge in [0.1, 0.15) is 5.75 Å². The molecule has 0 saturated carbocycles. The van der Waals surface area contributed by atoms with E-state index < -0.39 is 37.1 Å². The molecule has 2 amide bonds. The van der Waals surface area contributed by atoms with Gasteiger partial charge in [0.2, 0.25) is 5.91 Å². The molecule has 0 aromatic heterocycles. The topological polar surface area (TPSA) is 82.6 Å². The molecule has 1 aromatic carbocycles. The monoisotopic (exact) mass is 559 g/mol. The molecule has 1 aliphatic heterocycles. The molecule has 0 unspecified atom stereocenters. The van der Waals surface area contributed by atoms with Crippen LogP contribution in [-0.2, 0) is 9.53 Å². The number of hydrogen-bond acceptors (Lipinski definition) is 6. The van der Waals surface area contributed by atoms with Crippen molar-refractivity contribution in [1.82, 2.24) is 9.80 Å². The van der Waals surface area contributed by atoms with Crippen LogP contribution in [0, 0.1) is 5.92 Å². The minimum atomic E-state index is -4.41. The number of hydrogen-bond donors (Lipinski definition) is 1. The van der Waals surface area contributed by atoms with E-state index in [1.165, 1.54) is 11.9 Å². The normalized spacial score (nSPS) is 22.4. The summed E-state index contributed by atoms with van der Waals surface area (Å²) in [4.78, 5) is 31.1. The Bertz CT molecular complexity index is 944. The number of rotatable bonds is 7. The molecule has 0 fully saturated rings. The summed E-state index contributed by atoms with van der Waals surface area (Å²) < 4.78 is 50.3.